The largest absolute Gasteiger partial charge is 0.485 e. The molecular formula is C22H25N3O3. The number of aromatic nitrogens is 2. The van der Waals surface area contributed by atoms with Crippen molar-refractivity contribution in [3.63, 3.8) is 0 Å². The van der Waals surface area contributed by atoms with E-state index >= 15 is 0 Å². The second kappa shape index (κ2) is 7.92. The zero-order chi connectivity index (χ0) is 19.5. The summed E-state index contributed by atoms with van der Waals surface area (Å²) in [5.41, 5.74) is 1.96. The number of amides is 1. The average Bonchev–Trinajstić information content (AvgIpc) is 3.42. The van der Waals surface area contributed by atoms with Crippen LogP contribution in [0.4, 0.5) is 5.82 Å². The number of nitrogens with zero attached hydrogens (tertiary/aromatic N) is 2. The van der Waals surface area contributed by atoms with Gasteiger partial charge in [-0.1, -0.05) is 31.0 Å². The predicted octanol–water partition coefficient (Wildman–Crippen LogP) is 5.04. The van der Waals surface area contributed by atoms with Crippen LogP contribution in [0.2, 0.25) is 0 Å². The predicted molar refractivity (Wildman–Crippen MR) is 107 cm³/mol. The molecule has 1 aromatic carbocycles. The third kappa shape index (κ3) is 3.96. The number of carbonyl (C=O) groups excluding carboxylic acids is 1. The van der Waals surface area contributed by atoms with E-state index in [1.165, 1.54) is 12.8 Å². The van der Waals surface area contributed by atoms with Crippen LogP contribution in [0.25, 0.3) is 0 Å². The molecule has 0 aliphatic heterocycles. The van der Waals surface area contributed by atoms with E-state index in [0.717, 1.165) is 35.7 Å². The van der Waals surface area contributed by atoms with E-state index in [9.17, 15) is 4.79 Å². The van der Waals surface area contributed by atoms with Crippen LogP contribution in [0, 0.1) is 13.8 Å². The molecule has 0 atom stereocenters. The maximum atomic E-state index is 12.6. The second-order valence-electron chi connectivity index (χ2n) is 7.33. The first-order valence-electron chi connectivity index (χ1n) is 9.75. The van der Waals surface area contributed by atoms with Crippen molar-refractivity contribution in [2.45, 2.75) is 52.2 Å². The van der Waals surface area contributed by atoms with E-state index in [4.69, 9.17) is 9.15 Å². The number of ether oxygens (including phenoxy) is 1. The molecule has 4 rings (SSSR count). The lowest BCUT2D eigenvalue weighted by Crippen LogP contribution is -2.17. The number of hydrogen-bond donors (Lipinski definition) is 1. The van der Waals surface area contributed by atoms with Gasteiger partial charge in [0.1, 0.15) is 23.9 Å². The Bertz CT molecular complexity index is 967. The van der Waals surface area contributed by atoms with Crippen molar-refractivity contribution in [3.8, 4) is 5.75 Å². The molecule has 0 spiro atoms. The van der Waals surface area contributed by atoms with Crippen molar-refractivity contribution in [3.05, 3.63) is 65.2 Å². The average molecular weight is 379 g/mol. The Morgan fingerprint density at radius 3 is 2.79 bits per heavy atom. The Hall–Kier alpha value is -3.02. The van der Waals surface area contributed by atoms with E-state index in [0.29, 0.717) is 11.8 Å². The summed E-state index contributed by atoms with van der Waals surface area (Å²) in [6.45, 7) is 4.21. The summed E-state index contributed by atoms with van der Waals surface area (Å²) in [5.74, 6) is 2.12. The van der Waals surface area contributed by atoms with Crippen LogP contribution in [-0.2, 0) is 6.61 Å². The third-order valence-electron chi connectivity index (χ3n) is 5.12. The second-order valence-corrected chi connectivity index (χ2v) is 7.33. The molecule has 28 heavy (non-hydrogen) atoms. The first-order chi connectivity index (χ1) is 13.6. The summed E-state index contributed by atoms with van der Waals surface area (Å²) < 4.78 is 13.4. The quantitative estimate of drug-likeness (QED) is 0.651. The number of anilines is 1. The Morgan fingerprint density at radius 1 is 1.21 bits per heavy atom. The van der Waals surface area contributed by atoms with Crippen molar-refractivity contribution in [2.75, 3.05) is 5.32 Å². The highest BCUT2D eigenvalue weighted by atomic mass is 16.5. The van der Waals surface area contributed by atoms with E-state index in [2.05, 4.69) is 10.4 Å². The standard InChI is InChI=1S/C22H25N3O3/c1-15-7-3-6-10-19(15)27-14-18-11-12-20(28-18)22(26)23-21-13-16(2)24-25(21)17-8-4-5-9-17/h3,6-7,10-13,17H,4-5,8-9,14H2,1-2H3,(H,23,26). The molecule has 0 unspecified atom stereocenters. The number of carbonyl (C=O) groups is 1. The molecule has 2 heterocycles. The normalized spacial score (nSPS) is 14.4. The zero-order valence-electron chi connectivity index (χ0n) is 16.3. The van der Waals surface area contributed by atoms with Crippen molar-refractivity contribution >= 4 is 11.7 Å². The Kier molecular flexibility index (Phi) is 5.19. The minimum absolute atomic E-state index is 0.264. The molecule has 0 saturated heterocycles. The monoisotopic (exact) mass is 379 g/mol. The SMILES string of the molecule is Cc1cc(NC(=O)c2ccc(COc3ccccc3C)o2)n(C2CCCC2)n1. The van der Waals surface area contributed by atoms with Gasteiger partial charge in [-0.3, -0.25) is 4.79 Å². The summed E-state index contributed by atoms with van der Waals surface area (Å²) in [6, 6.07) is 13.5. The van der Waals surface area contributed by atoms with E-state index in [1.54, 1.807) is 12.1 Å². The van der Waals surface area contributed by atoms with Gasteiger partial charge in [0.05, 0.1) is 11.7 Å². The fourth-order valence-electron chi connectivity index (χ4n) is 3.66. The number of nitrogens with one attached hydrogen (secondary N) is 1. The maximum Gasteiger partial charge on any atom is 0.292 e. The van der Waals surface area contributed by atoms with Gasteiger partial charge in [0, 0.05) is 6.07 Å². The molecule has 1 aliphatic rings. The van der Waals surface area contributed by atoms with Crippen molar-refractivity contribution in [1.82, 2.24) is 9.78 Å². The highest BCUT2D eigenvalue weighted by Gasteiger charge is 2.22. The smallest absolute Gasteiger partial charge is 0.292 e. The van der Waals surface area contributed by atoms with Gasteiger partial charge in [-0.25, -0.2) is 4.68 Å². The minimum Gasteiger partial charge on any atom is -0.485 e. The van der Waals surface area contributed by atoms with Crippen molar-refractivity contribution in [1.29, 1.82) is 0 Å². The zero-order valence-corrected chi connectivity index (χ0v) is 16.3. The lowest BCUT2D eigenvalue weighted by molar-refractivity contribution is 0.0991. The van der Waals surface area contributed by atoms with Gasteiger partial charge >= 0.3 is 0 Å². The van der Waals surface area contributed by atoms with Gasteiger partial charge in [-0.05, 0) is 50.5 Å². The fraction of sp³-hybridized carbons (Fsp3) is 0.364. The third-order valence-corrected chi connectivity index (χ3v) is 5.12. The van der Waals surface area contributed by atoms with Gasteiger partial charge in [0.2, 0.25) is 0 Å². The van der Waals surface area contributed by atoms with Crippen LogP contribution in [0.15, 0.2) is 46.9 Å². The van der Waals surface area contributed by atoms with Gasteiger partial charge < -0.3 is 14.5 Å². The molecule has 6 nitrogen and oxygen atoms in total. The molecule has 0 radical (unpaired) electrons. The molecular weight excluding hydrogens is 354 g/mol. The number of para-hydroxylation sites is 1. The Labute approximate surface area is 164 Å². The molecule has 0 bridgehead atoms. The minimum atomic E-state index is -0.277. The first kappa shape index (κ1) is 18.3. The summed E-state index contributed by atoms with van der Waals surface area (Å²) in [7, 11) is 0. The Balaban J connectivity index is 1.42. The van der Waals surface area contributed by atoms with Crippen LogP contribution in [0.5, 0.6) is 5.75 Å². The summed E-state index contributed by atoms with van der Waals surface area (Å²) in [5, 5.41) is 7.51. The highest BCUT2D eigenvalue weighted by Crippen LogP contribution is 2.32. The molecule has 6 heteroatoms. The van der Waals surface area contributed by atoms with Gasteiger partial charge in [-0.15, -0.1) is 0 Å². The van der Waals surface area contributed by atoms with E-state index < -0.39 is 0 Å². The lowest BCUT2D eigenvalue weighted by atomic mass is 10.2. The van der Waals surface area contributed by atoms with E-state index in [1.807, 2.05) is 48.9 Å². The van der Waals surface area contributed by atoms with Crippen LogP contribution < -0.4 is 10.1 Å². The van der Waals surface area contributed by atoms with Gasteiger partial charge in [0.15, 0.2) is 5.76 Å². The van der Waals surface area contributed by atoms with Crippen LogP contribution in [0.1, 0.15) is 59.3 Å². The number of rotatable bonds is 6. The van der Waals surface area contributed by atoms with E-state index in [-0.39, 0.29) is 18.3 Å². The fourth-order valence-corrected chi connectivity index (χ4v) is 3.66. The lowest BCUT2D eigenvalue weighted by Gasteiger charge is -2.14. The summed E-state index contributed by atoms with van der Waals surface area (Å²) in [6.07, 6.45) is 4.62. The number of furan rings is 1. The number of hydrogen-bond acceptors (Lipinski definition) is 4. The van der Waals surface area contributed by atoms with Crippen LogP contribution in [0.3, 0.4) is 0 Å². The molecule has 1 fully saturated rings. The number of benzene rings is 1. The molecule has 3 aromatic rings. The van der Waals surface area contributed by atoms with Gasteiger partial charge in [-0.2, -0.15) is 5.10 Å². The van der Waals surface area contributed by atoms with Gasteiger partial charge in [0.25, 0.3) is 5.91 Å². The van der Waals surface area contributed by atoms with Crippen molar-refractivity contribution < 1.29 is 13.9 Å². The molecule has 2 aromatic heterocycles. The van der Waals surface area contributed by atoms with Crippen LogP contribution >= 0.6 is 0 Å². The first-order valence-corrected chi connectivity index (χ1v) is 9.75. The molecule has 1 amide bonds. The molecule has 1 N–H and O–H groups in total. The topological polar surface area (TPSA) is 69.3 Å². The summed E-state index contributed by atoms with van der Waals surface area (Å²) >= 11 is 0. The summed E-state index contributed by atoms with van der Waals surface area (Å²) in [4.78, 5) is 12.6. The molecule has 146 valence electrons. The Morgan fingerprint density at radius 2 is 2.00 bits per heavy atom. The molecule has 1 aliphatic carbocycles. The number of aryl methyl sites for hydroxylation is 2. The van der Waals surface area contributed by atoms with Crippen molar-refractivity contribution in [2.24, 2.45) is 0 Å². The highest BCUT2D eigenvalue weighted by molar-refractivity contribution is 6.01. The molecule has 1 saturated carbocycles. The maximum absolute atomic E-state index is 12.6. The van der Waals surface area contributed by atoms with Crippen LogP contribution in [-0.4, -0.2) is 15.7 Å².